The zero-order valence-electron chi connectivity index (χ0n) is 15.9. The number of benzene rings is 1. The van der Waals surface area contributed by atoms with Crippen molar-refractivity contribution in [2.45, 2.75) is 56.9 Å². The molecular weight excluding hydrogens is 382 g/mol. The largest absolute Gasteiger partial charge is 0.298 e. The van der Waals surface area contributed by atoms with Gasteiger partial charge in [-0.25, -0.2) is 13.4 Å². The number of amides is 1. The average Bonchev–Trinajstić information content (AvgIpc) is 2.89. The predicted molar refractivity (Wildman–Crippen MR) is 108 cm³/mol. The fourth-order valence-corrected chi connectivity index (χ4v) is 5.39. The van der Waals surface area contributed by atoms with Gasteiger partial charge in [-0.3, -0.25) is 10.1 Å². The number of nitrogens with one attached hydrogen (secondary N) is 1. The lowest BCUT2D eigenvalue weighted by Crippen LogP contribution is -2.33. The van der Waals surface area contributed by atoms with Crippen LogP contribution in [0.4, 0.5) is 5.13 Å². The van der Waals surface area contributed by atoms with Crippen molar-refractivity contribution in [3.8, 4) is 0 Å². The van der Waals surface area contributed by atoms with Gasteiger partial charge in [-0.2, -0.15) is 4.31 Å². The lowest BCUT2D eigenvalue weighted by Gasteiger charge is -2.21. The van der Waals surface area contributed by atoms with Crippen LogP contribution in [0.3, 0.4) is 0 Å². The number of hydrogen-bond donors (Lipinski definition) is 1. The normalized spacial score (nSPS) is 14.9. The zero-order chi connectivity index (χ0) is 19.6. The Hall–Kier alpha value is -1.77. The lowest BCUT2D eigenvalue weighted by molar-refractivity contribution is 0.102. The third-order valence-corrected chi connectivity index (χ3v) is 7.96. The van der Waals surface area contributed by atoms with Gasteiger partial charge >= 0.3 is 0 Å². The summed E-state index contributed by atoms with van der Waals surface area (Å²) in [6.07, 6.45) is 5.54. The van der Waals surface area contributed by atoms with Crippen molar-refractivity contribution in [3.63, 3.8) is 0 Å². The molecule has 27 heavy (non-hydrogen) atoms. The van der Waals surface area contributed by atoms with E-state index < -0.39 is 10.0 Å². The minimum atomic E-state index is -3.55. The Morgan fingerprint density at radius 2 is 1.81 bits per heavy atom. The Kier molecular flexibility index (Phi) is 5.98. The fourth-order valence-electron chi connectivity index (χ4n) is 2.97. The van der Waals surface area contributed by atoms with E-state index in [9.17, 15) is 13.2 Å². The van der Waals surface area contributed by atoms with E-state index in [-0.39, 0.29) is 16.8 Å². The number of aryl methyl sites for hydroxylation is 2. The van der Waals surface area contributed by atoms with Crippen LogP contribution in [0.15, 0.2) is 29.2 Å². The summed E-state index contributed by atoms with van der Waals surface area (Å²) in [5.74, 6) is -0.278. The fraction of sp³-hybridized carbons (Fsp3) is 0.474. The van der Waals surface area contributed by atoms with Gasteiger partial charge in [0.25, 0.3) is 5.91 Å². The van der Waals surface area contributed by atoms with Gasteiger partial charge in [0, 0.05) is 23.5 Å². The third-order valence-electron chi connectivity index (χ3n) is 4.84. The molecule has 3 rings (SSSR count). The van der Waals surface area contributed by atoms with E-state index in [0.29, 0.717) is 10.7 Å². The molecule has 146 valence electrons. The molecular formula is C19H25N3O3S2. The van der Waals surface area contributed by atoms with E-state index >= 15 is 0 Å². The molecule has 1 aromatic heterocycles. The molecule has 1 aliphatic rings. The van der Waals surface area contributed by atoms with Crippen molar-refractivity contribution in [2.24, 2.45) is 0 Å². The standard InChI is InChI=1S/C19H25N3O3S2/c1-13(2)22(3)27(24,25)15-11-9-14(10-12-15)18(23)21-19-20-16-7-5-4-6-8-17(16)26-19/h9-13H,4-8H2,1-3H3,(H,20,21,23). The van der Waals surface area contributed by atoms with Crippen molar-refractivity contribution in [3.05, 3.63) is 40.4 Å². The highest BCUT2D eigenvalue weighted by molar-refractivity contribution is 7.89. The SMILES string of the molecule is CC(C)N(C)S(=O)(=O)c1ccc(C(=O)Nc2nc3c(s2)CCCCC3)cc1. The van der Waals surface area contributed by atoms with Gasteiger partial charge in [0.2, 0.25) is 10.0 Å². The Balaban J connectivity index is 1.73. The van der Waals surface area contributed by atoms with Crippen molar-refractivity contribution >= 4 is 32.4 Å². The molecule has 0 bridgehead atoms. The Morgan fingerprint density at radius 1 is 1.15 bits per heavy atom. The van der Waals surface area contributed by atoms with Crippen LogP contribution in [0.25, 0.3) is 0 Å². The summed E-state index contributed by atoms with van der Waals surface area (Å²) in [6, 6.07) is 5.88. The van der Waals surface area contributed by atoms with E-state index in [4.69, 9.17) is 0 Å². The maximum atomic E-state index is 12.5. The van der Waals surface area contributed by atoms with Crippen LogP contribution in [0.1, 0.15) is 54.0 Å². The number of anilines is 1. The Labute approximate surface area is 164 Å². The molecule has 0 saturated heterocycles. The molecule has 0 atom stereocenters. The van der Waals surface area contributed by atoms with Crippen LogP contribution >= 0.6 is 11.3 Å². The molecule has 0 radical (unpaired) electrons. The van der Waals surface area contributed by atoms with Crippen LogP contribution in [-0.2, 0) is 22.9 Å². The van der Waals surface area contributed by atoms with Crippen LogP contribution in [0.2, 0.25) is 0 Å². The quantitative estimate of drug-likeness (QED) is 0.767. The van der Waals surface area contributed by atoms with Crippen molar-refractivity contribution in [1.82, 2.24) is 9.29 Å². The topological polar surface area (TPSA) is 79.4 Å². The summed E-state index contributed by atoms with van der Waals surface area (Å²) in [4.78, 5) is 18.5. The molecule has 0 unspecified atom stereocenters. The van der Waals surface area contributed by atoms with Crippen molar-refractivity contribution in [1.29, 1.82) is 0 Å². The number of nitrogens with zero attached hydrogens (tertiary/aromatic N) is 2. The third kappa shape index (κ3) is 4.39. The second-order valence-corrected chi connectivity index (χ2v) is 10.1. The van der Waals surface area contributed by atoms with Gasteiger partial charge in [-0.1, -0.05) is 6.42 Å². The van der Waals surface area contributed by atoms with Gasteiger partial charge in [0.1, 0.15) is 0 Å². The highest BCUT2D eigenvalue weighted by atomic mass is 32.2. The molecule has 0 aliphatic heterocycles. The summed E-state index contributed by atoms with van der Waals surface area (Å²) in [7, 11) is -2.01. The second-order valence-electron chi connectivity index (χ2n) is 7.04. The Morgan fingerprint density at radius 3 is 2.48 bits per heavy atom. The number of fused-ring (bicyclic) bond motifs is 1. The first-order valence-corrected chi connectivity index (χ1v) is 11.4. The molecule has 0 spiro atoms. The van der Waals surface area contributed by atoms with E-state index in [0.717, 1.165) is 25.0 Å². The van der Waals surface area contributed by atoms with Crippen LogP contribution in [-0.4, -0.2) is 36.7 Å². The molecule has 1 N–H and O–H groups in total. The minimum absolute atomic E-state index is 0.141. The molecule has 0 saturated carbocycles. The van der Waals surface area contributed by atoms with Crippen molar-refractivity contribution < 1.29 is 13.2 Å². The first kappa shape index (κ1) is 20.0. The van der Waals surface area contributed by atoms with Crippen LogP contribution in [0.5, 0.6) is 0 Å². The van der Waals surface area contributed by atoms with Gasteiger partial charge in [-0.05, 0) is 63.8 Å². The summed E-state index contributed by atoms with van der Waals surface area (Å²) in [5, 5.41) is 3.46. The van der Waals surface area contributed by atoms with Crippen LogP contribution < -0.4 is 5.32 Å². The number of carbonyl (C=O) groups excluding carboxylic acids is 1. The molecule has 1 amide bonds. The first-order chi connectivity index (χ1) is 12.8. The molecule has 8 heteroatoms. The van der Waals surface area contributed by atoms with E-state index in [1.807, 2.05) is 13.8 Å². The van der Waals surface area contributed by atoms with Gasteiger partial charge in [0.05, 0.1) is 10.6 Å². The monoisotopic (exact) mass is 407 g/mol. The Bertz CT molecular complexity index is 895. The van der Waals surface area contributed by atoms with Gasteiger partial charge in [0.15, 0.2) is 5.13 Å². The maximum Gasteiger partial charge on any atom is 0.257 e. The predicted octanol–water partition coefficient (Wildman–Crippen LogP) is 3.69. The first-order valence-electron chi connectivity index (χ1n) is 9.17. The molecule has 6 nitrogen and oxygen atoms in total. The average molecular weight is 408 g/mol. The van der Waals surface area contributed by atoms with E-state index in [2.05, 4.69) is 10.3 Å². The highest BCUT2D eigenvalue weighted by Gasteiger charge is 2.23. The number of aromatic nitrogens is 1. The van der Waals surface area contributed by atoms with Gasteiger partial charge in [-0.15, -0.1) is 11.3 Å². The lowest BCUT2D eigenvalue weighted by atomic mass is 10.2. The smallest absolute Gasteiger partial charge is 0.257 e. The van der Waals surface area contributed by atoms with E-state index in [1.54, 1.807) is 18.4 Å². The number of hydrogen-bond acceptors (Lipinski definition) is 5. The summed E-state index contributed by atoms with van der Waals surface area (Å²) >= 11 is 1.54. The minimum Gasteiger partial charge on any atom is -0.298 e. The zero-order valence-corrected chi connectivity index (χ0v) is 17.5. The number of thiazole rings is 1. The number of rotatable bonds is 5. The molecule has 1 aromatic carbocycles. The second kappa shape index (κ2) is 8.08. The number of sulfonamides is 1. The van der Waals surface area contributed by atoms with Crippen molar-refractivity contribution in [2.75, 3.05) is 12.4 Å². The summed E-state index contributed by atoms with van der Waals surface area (Å²) in [5.41, 5.74) is 1.51. The molecule has 0 fully saturated rings. The summed E-state index contributed by atoms with van der Waals surface area (Å²) < 4.78 is 26.3. The van der Waals surface area contributed by atoms with Gasteiger partial charge < -0.3 is 0 Å². The number of carbonyl (C=O) groups is 1. The summed E-state index contributed by atoms with van der Waals surface area (Å²) in [6.45, 7) is 3.63. The highest BCUT2D eigenvalue weighted by Crippen LogP contribution is 2.29. The van der Waals surface area contributed by atoms with E-state index in [1.165, 1.54) is 46.3 Å². The molecule has 1 heterocycles. The maximum absolute atomic E-state index is 12.5. The van der Waals surface area contributed by atoms with Crippen LogP contribution in [0, 0.1) is 0 Å². The molecule has 2 aromatic rings. The molecule has 1 aliphatic carbocycles.